The molecule has 0 aliphatic rings. The van der Waals surface area contributed by atoms with Crippen LogP contribution in [0.2, 0.25) is 0 Å². The first-order valence-electron chi connectivity index (χ1n) is 4.01. The molecule has 0 atom stereocenters. The van der Waals surface area contributed by atoms with Crippen LogP contribution >= 0.6 is 21.2 Å². The minimum atomic E-state index is -3.12. The minimum absolute atomic E-state index is 0.358. The standard InChI is InChI=1S/C10H7IO2S/c11-14(12,13)10-6-5-8-3-1-2-4-9(8)7-10/h1-7H. The van der Waals surface area contributed by atoms with Gasteiger partial charge in [0.15, 0.2) is 0 Å². The average molecular weight is 318 g/mol. The number of benzene rings is 2. The van der Waals surface area contributed by atoms with Crippen LogP contribution in [-0.4, -0.2) is 8.42 Å². The lowest BCUT2D eigenvalue weighted by atomic mass is 10.1. The van der Waals surface area contributed by atoms with Crippen molar-refractivity contribution in [3.63, 3.8) is 0 Å². The lowest BCUT2D eigenvalue weighted by Gasteiger charge is -1.99. The fourth-order valence-electron chi connectivity index (χ4n) is 1.32. The van der Waals surface area contributed by atoms with E-state index in [0.29, 0.717) is 4.90 Å². The average Bonchev–Trinajstić information content (AvgIpc) is 2.16. The number of fused-ring (bicyclic) bond motifs is 1. The van der Waals surface area contributed by atoms with E-state index in [4.69, 9.17) is 0 Å². The topological polar surface area (TPSA) is 34.1 Å². The van der Waals surface area contributed by atoms with Gasteiger partial charge >= 0.3 is 0 Å². The highest BCUT2D eigenvalue weighted by Crippen LogP contribution is 2.22. The van der Waals surface area contributed by atoms with E-state index < -0.39 is 7.01 Å². The van der Waals surface area contributed by atoms with Crippen molar-refractivity contribution in [3.05, 3.63) is 42.5 Å². The third-order valence-electron chi connectivity index (χ3n) is 2.00. The van der Waals surface area contributed by atoms with E-state index in [1.165, 1.54) is 21.2 Å². The van der Waals surface area contributed by atoms with Gasteiger partial charge in [0.25, 0.3) is 0 Å². The molecule has 0 unspecified atom stereocenters. The molecular weight excluding hydrogens is 311 g/mol. The van der Waals surface area contributed by atoms with Crippen LogP contribution in [0.5, 0.6) is 0 Å². The highest BCUT2D eigenvalue weighted by atomic mass is 127. The van der Waals surface area contributed by atoms with Gasteiger partial charge in [0.1, 0.15) is 0 Å². The highest BCUT2D eigenvalue weighted by Gasteiger charge is 2.08. The highest BCUT2D eigenvalue weighted by molar-refractivity contribution is 14.2. The molecule has 72 valence electrons. The van der Waals surface area contributed by atoms with Gasteiger partial charge in [-0.15, -0.1) is 0 Å². The van der Waals surface area contributed by atoms with E-state index in [-0.39, 0.29) is 0 Å². The molecule has 2 aromatic rings. The third kappa shape index (κ3) is 1.90. The minimum Gasteiger partial charge on any atom is -0.213 e. The van der Waals surface area contributed by atoms with Crippen LogP contribution in [0.3, 0.4) is 0 Å². The van der Waals surface area contributed by atoms with Gasteiger partial charge in [-0.2, -0.15) is 0 Å². The second-order valence-electron chi connectivity index (χ2n) is 2.95. The maximum atomic E-state index is 11.3. The second-order valence-corrected chi connectivity index (χ2v) is 7.77. The molecule has 0 radical (unpaired) electrons. The lowest BCUT2D eigenvalue weighted by molar-refractivity contribution is 0.613. The van der Waals surface area contributed by atoms with E-state index in [2.05, 4.69) is 0 Å². The Morgan fingerprint density at radius 1 is 0.929 bits per heavy atom. The Morgan fingerprint density at radius 2 is 1.57 bits per heavy atom. The molecule has 2 aromatic carbocycles. The predicted molar refractivity (Wildman–Crippen MR) is 65.2 cm³/mol. The summed E-state index contributed by atoms with van der Waals surface area (Å²) in [4.78, 5) is 0.358. The Bertz CT molecular complexity index is 575. The zero-order valence-electron chi connectivity index (χ0n) is 7.14. The summed E-state index contributed by atoms with van der Waals surface area (Å²) in [6.45, 7) is 0. The number of halogens is 1. The monoisotopic (exact) mass is 318 g/mol. The lowest BCUT2D eigenvalue weighted by Crippen LogP contribution is -1.88. The molecule has 0 amide bonds. The van der Waals surface area contributed by atoms with Crippen molar-refractivity contribution in [2.45, 2.75) is 4.90 Å². The van der Waals surface area contributed by atoms with Crippen LogP contribution in [0.4, 0.5) is 0 Å². The maximum Gasteiger partial charge on any atom is 0.231 e. The van der Waals surface area contributed by atoms with Crippen molar-refractivity contribution in [1.82, 2.24) is 0 Å². The molecule has 0 aliphatic heterocycles. The van der Waals surface area contributed by atoms with Gasteiger partial charge in [-0.1, -0.05) is 30.3 Å². The second kappa shape index (κ2) is 3.51. The van der Waals surface area contributed by atoms with Crippen LogP contribution in [0.25, 0.3) is 10.8 Å². The number of hydrogen-bond acceptors (Lipinski definition) is 2. The molecule has 0 aliphatic carbocycles. The van der Waals surface area contributed by atoms with Gasteiger partial charge in [-0.05, 0) is 22.9 Å². The van der Waals surface area contributed by atoms with Crippen molar-refractivity contribution in [3.8, 4) is 0 Å². The third-order valence-corrected chi connectivity index (χ3v) is 4.35. The van der Waals surface area contributed by atoms with E-state index >= 15 is 0 Å². The summed E-state index contributed by atoms with van der Waals surface area (Å²) in [6.07, 6.45) is 0. The normalized spacial score (nSPS) is 11.8. The first-order valence-corrected chi connectivity index (χ1v) is 8.03. The van der Waals surface area contributed by atoms with Gasteiger partial charge in [0.05, 0.1) is 26.1 Å². The number of hydrogen-bond donors (Lipinski definition) is 0. The molecule has 0 saturated carbocycles. The van der Waals surface area contributed by atoms with Gasteiger partial charge in [-0.25, -0.2) is 8.42 Å². The van der Waals surface area contributed by atoms with Gasteiger partial charge < -0.3 is 0 Å². The van der Waals surface area contributed by atoms with E-state index in [1.54, 1.807) is 12.1 Å². The molecule has 2 nitrogen and oxygen atoms in total. The molecule has 14 heavy (non-hydrogen) atoms. The van der Waals surface area contributed by atoms with Crippen LogP contribution in [0, 0.1) is 0 Å². The fraction of sp³-hybridized carbons (Fsp3) is 0. The zero-order valence-corrected chi connectivity index (χ0v) is 10.1. The molecule has 0 aromatic heterocycles. The van der Waals surface area contributed by atoms with Gasteiger partial charge in [0, 0.05) is 0 Å². The molecular formula is C10H7IO2S. The van der Waals surface area contributed by atoms with E-state index in [1.807, 2.05) is 30.3 Å². The number of rotatable bonds is 1. The van der Waals surface area contributed by atoms with E-state index in [9.17, 15) is 8.42 Å². The summed E-state index contributed by atoms with van der Waals surface area (Å²) in [6, 6.07) is 12.8. The maximum absolute atomic E-state index is 11.3. The molecule has 0 N–H and O–H groups in total. The summed E-state index contributed by atoms with van der Waals surface area (Å²) in [5, 5.41) is 2.00. The predicted octanol–water partition coefficient (Wildman–Crippen LogP) is 2.96. The quantitative estimate of drug-likeness (QED) is 0.598. The Balaban J connectivity index is 2.75. The van der Waals surface area contributed by atoms with Crippen molar-refractivity contribution in [2.24, 2.45) is 0 Å². The van der Waals surface area contributed by atoms with Crippen LogP contribution in [0.15, 0.2) is 47.4 Å². The zero-order chi connectivity index (χ0) is 10.2. The van der Waals surface area contributed by atoms with Gasteiger partial charge in [0.2, 0.25) is 7.01 Å². The van der Waals surface area contributed by atoms with Gasteiger partial charge in [-0.3, -0.25) is 0 Å². The van der Waals surface area contributed by atoms with Crippen LogP contribution in [-0.2, 0) is 7.01 Å². The summed E-state index contributed by atoms with van der Waals surface area (Å²) < 4.78 is 22.5. The SMILES string of the molecule is O=S(=O)(I)c1ccc2ccccc2c1. The Hall–Kier alpha value is -0.620. The summed E-state index contributed by atoms with van der Waals surface area (Å²) in [5.74, 6) is 0. The molecule has 0 saturated heterocycles. The molecule has 2 rings (SSSR count). The largest absolute Gasteiger partial charge is 0.231 e. The van der Waals surface area contributed by atoms with Crippen molar-refractivity contribution < 1.29 is 8.42 Å². The summed E-state index contributed by atoms with van der Waals surface area (Å²) in [5.41, 5.74) is 0. The Morgan fingerprint density at radius 3 is 2.21 bits per heavy atom. The van der Waals surface area contributed by atoms with Crippen molar-refractivity contribution in [2.75, 3.05) is 0 Å². The van der Waals surface area contributed by atoms with Crippen molar-refractivity contribution >= 4 is 39.0 Å². The van der Waals surface area contributed by atoms with Crippen LogP contribution in [0.1, 0.15) is 0 Å². The first-order chi connectivity index (χ1) is 6.57. The van der Waals surface area contributed by atoms with Crippen LogP contribution < -0.4 is 0 Å². The Labute approximate surface area is 94.4 Å². The molecule has 4 heteroatoms. The summed E-state index contributed by atoms with van der Waals surface area (Å²) >= 11 is 1.45. The molecule has 0 bridgehead atoms. The fourth-order valence-corrected chi connectivity index (χ4v) is 2.64. The summed E-state index contributed by atoms with van der Waals surface area (Å²) in [7, 11) is -3.12. The molecule has 0 heterocycles. The smallest absolute Gasteiger partial charge is 0.213 e. The first kappa shape index (κ1) is 9.92. The molecule has 0 fully saturated rings. The molecule has 0 spiro atoms. The Kier molecular flexibility index (Phi) is 2.48. The van der Waals surface area contributed by atoms with Crippen molar-refractivity contribution in [1.29, 1.82) is 0 Å². The van der Waals surface area contributed by atoms with E-state index in [0.717, 1.165) is 10.8 Å².